The molecular formula is C25H27N5O2. The average Bonchev–Trinajstić information content (AvgIpc) is 3.37. The lowest BCUT2D eigenvalue weighted by Gasteiger charge is -2.29. The molecule has 0 aliphatic carbocycles. The summed E-state index contributed by atoms with van der Waals surface area (Å²) in [6.07, 6.45) is 5.26. The molecule has 2 aromatic heterocycles. The number of ether oxygens (including phenoxy) is 1. The number of imidazole rings is 1. The van der Waals surface area contributed by atoms with Crippen LogP contribution in [0, 0.1) is 0 Å². The molecule has 0 N–H and O–H groups in total. The standard InChI is InChI=1S/C25H27N5O2/c1-28-13-19(11-12-23(28)31)21-14-30(3)27-25(21)32-15-17-7-9-18(10-8-17)20-5-4-6-22-24(20)26-16-29(22)2/h4-10,14,16,19H,11-13,15H2,1-3H3. The molecule has 164 valence electrons. The minimum Gasteiger partial charge on any atom is -0.472 e. The van der Waals surface area contributed by atoms with Gasteiger partial charge in [0.25, 0.3) is 0 Å². The third-order valence-corrected chi connectivity index (χ3v) is 6.28. The van der Waals surface area contributed by atoms with Crippen molar-refractivity contribution in [2.45, 2.75) is 25.4 Å². The Hall–Kier alpha value is -3.61. The molecule has 3 heterocycles. The van der Waals surface area contributed by atoms with Gasteiger partial charge in [0.05, 0.1) is 17.4 Å². The van der Waals surface area contributed by atoms with Gasteiger partial charge in [0.15, 0.2) is 0 Å². The molecule has 1 unspecified atom stereocenters. The minimum absolute atomic E-state index is 0.203. The van der Waals surface area contributed by atoms with Gasteiger partial charge in [0.1, 0.15) is 6.61 Å². The van der Waals surface area contributed by atoms with Gasteiger partial charge in [-0.3, -0.25) is 9.48 Å². The largest absolute Gasteiger partial charge is 0.472 e. The van der Waals surface area contributed by atoms with Crippen molar-refractivity contribution in [1.29, 1.82) is 0 Å². The van der Waals surface area contributed by atoms with Gasteiger partial charge in [-0.1, -0.05) is 36.4 Å². The molecule has 0 bridgehead atoms. The highest BCUT2D eigenvalue weighted by atomic mass is 16.5. The van der Waals surface area contributed by atoms with Crippen molar-refractivity contribution in [2.75, 3.05) is 13.6 Å². The molecule has 0 saturated carbocycles. The monoisotopic (exact) mass is 429 g/mol. The molecule has 7 nitrogen and oxygen atoms in total. The predicted octanol–water partition coefficient (Wildman–Crippen LogP) is 3.89. The fourth-order valence-electron chi connectivity index (χ4n) is 4.47. The summed E-state index contributed by atoms with van der Waals surface area (Å²) in [5.41, 5.74) is 6.53. The normalized spacial score (nSPS) is 16.7. The molecule has 32 heavy (non-hydrogen) atoms. The van der Waals surface area contributed by atoms with E-state index in [1.807, 2.05) is 38.2 Å². The Morgan fingerprint density at radius 2 is 1.91 bits per heavy atom. The Bertz CT molecular complexity index is 1270. The highest BCUT2D eigenvalue weighted by Crippen LogP contribution is 2.33. The number of amides is 1. The Kier molecular flexibility index (Phi) is 5.17. The molecule has 1 fully saturated rings. The first-order valence-corrected chi connectivity index (χ1v) is 10.9. The number of piperidine rings is 1. The molecule has 1 amide bonds. The molecule has 2 aromatic carbocycles. The van der Waals surface area contributed by atoms with Crippen molar-refractivity contribution in [3.63, 3.8) is 0 Å². The zero-order chi connectivity index (χ0) is 22.2. The smallest absolute Gasteiger partial charge is 0.236 e. The van der Waals surface area contributed by atoms with E-state index in [2.05, 4.69) is 52.5 Å². The SMILES string of the molecule is CN1CC(c2cn(C)nc2OCc2ccc(-c3cccc4c3ncn4C)cc2)CCC1=O. The zero-order valence-electron chi connectivity index (χ0n) is 18.7. The second-order valence-corrected chi connectivity index (χ2v) is 8.59. The number of carbonyl (C=O) groups excluding carboxylic acids is 1. The fraction of sp³-hybridized carbons (Fsp3) is 0.320. The van der Waals surface area contributed by atoms with Crippen LogP contribution in [0.5, 0.6) is 5.88 Å². The summed E-state index contributed by atoms with van der Waals surface area (Å²) in [7, 11) is 5.77. The number of hydrogen-bond acceptors (Lipinski definition) is 4. The second kappa shape index (κ2) is 8.15. The van der Waals surface area contributed by atoms with E-state index in [0.29, 0.717) is 25.5 Å². The van der Waals surface area contributed by atoms with Crippen LogP contribution in [0.2, 0.25) is 0 Å². The maximum absolute atomic E-state index is 11.8. The van der Waals surface area contributed by atoms with Crippen LogP contribution < -0.4 is 4.74 Å². The maximum Gasteiger partial charge on any atom is 0.236 e. The average molecular weight is 430 g/mol. The molecular weight excluding hydrogens is 402 g/mol. The Morgan fingerprint density at radius 1 is 1.09 bits per heavy atom. The number of carbonyl (C=O) groups is 1. The summed E-state index contributed by atoms with van der Waals surface area (Å²) >= 11 is 0. The molecule has 1 saturated heterocycles. The molecule has 0 radical (unpaired) electrons. The van der Waals surface area contributed by atoms with E-state index in [0.717, 1.165) is 39.7 Å². The molecule has 0 spiro atoms. The van der Waals surface area contributed by atoms with Crippen LogP contribution in [0.25, 0.3) is 22.2 Å². The zero-order valence-corrected chi connectivity index (χ0v) is 18.7. The van der Waals surface area contributed by atoms with Gasteiger partial charge in [0.2, 0.25) is 11.8 Å². The number of hydrogen-bond donors (Lipinski definition) is 0. The molecule has 7 heteroatoms. The number of likely N-dealkylation sites (N-methyl/N-ethyl adjacent to an activating group) is 1. The Labute approximate surface area is 187 Å². The van der Waals surface area contributed by atoms with Gasteiger partial charge in [0, 0.05) is 57.4 Å². The number of nitrogens with zero attached hydrogens (tertiary/aromatic N) is 5. The third kappa shape index (κ3) is 3.75. The summed E-state index contributed by atoms with van der Waals surface area (Å²) in [4.78, 5) is 18.2. The van der Waals surface area contributed by atoms with Crippen LogP contribution in [0.1, 0.15) is 29.9 Å². The maximum atomic E-state index is 11.8. The predicted molar refractivity (Wildman–Crippen MR) is 123 cm³/mol. The van der Waals surface area contributed by atoms with Crippen LogP contribution in [-0.4, -0.2) is 43.7 Å². The molecule has 5 rings (SSSR count). The molecule has 1 atom stereocenters. The first-order valence-electron chi connectivity index (χ1n) is 10.9. The van der Waals surface area contributed by atoms with Gasteiger partial charge >= 0.3 is 0 Å². The van der Waals surface area contributed by atoms with E-state index in [1.54, 1.807) is 9.58 Å². The van der Waals surface area contributed by atoms with Crippen LogP contribution in [0.3, 0.4) is 0 Å². The van der Waals surface area contributed by atoms with Crippen LogP contribution in [0.15, 0.2) is 55.0 Å². The minimum atomic E-state index is 0.203. The Balaban J connectivity index is 1.32. The quantitative estimate of drug-likeness (QED) is 0.483. The van der Waals surface area contributed by atoms with Gasteiger partial charge in [-0.2, -0.15) is 0 Å². The lowest BCUT2D eigenvalue weighted by molar-refractivity contribution is -0.132. The van der Waals surface area contributed by atoms with Crippen LogP contribution >= 0.6 is 0 Å². The van der Waals surface area contributed by atoms with E-state index in [-0.39, 0.29) is 11.8 Å². The number of rotatable bonds is 5. The van der Waals surface area contributed by atoms with E-state index in [9.17, 15) is 4.79 Å². The first-order chi connectivity index (χ1) is 15.5. The van der Waals surface area contributed by atoms with Gasteiger partial charge in [-0.15, -0.1) is 5.10 Å². The number of aryl methyl sites for hydroxylation is 2. The fourth-order valence-corrected chi connectivity index (χ4v) is 4.47. The van der Waals surface area contributed by atoms with E-state index in [4.69, 9.17) is 4.74 Å². The number of para-hydroxylation sites is 1. The van der Waals surface area contributed by atoms with Crippen molar-refractivity contribution >= 4 is 16.9 Å². The third-order valence-electron chi connectivity index (χ3n) is 6.28. The lowest BCUT2D eigenvalue weighted by Crippen LogP contribution is -2.35. The van der Waals surface area contributed by atoms with Crippen molar-refractivity contribution in [3.8, 4) is 17.0 Å². The van der Waals surface area contributed by atoms with Crippen molar-refractivity contribution in [3.05, 3.63) is 66.1 Å². The summed E-state index contributed by atoms with van der Waals surface area (Å²) < 4.78 is 9.95. The van der Waals surface area contributed by atoms with Crippen molar-refractivity contribution in [2.24, 2.45) is 14.1 Å². The summed E-state index contributed by atoms with van der Waals surface area (Å²) in [5.74, 6) is 1.11. The van der Waals surface area contributed by atoms with Crippen molar-refractivity contribution in [1.82, 2.24) is 24.2 Å². The van der Waals surface area contributed by atoms with Gasteiger partial charge in [-0.25, -0.2) is 4.98 Å². The summed E-state index contributed by atoms with van der Waals surface area (Å²) in [6.45, 7) is 1.15. The number of benzene rings is 2. The van der Waals surface area contributed by atoms with Crippen molar-refractivity contribution < 1.29 is 9.53 Å². The van der Waals surface area contributed by atoms with Crippen LogP contribution in [-0.2, 0) is 25.5 Å². The number of likely N-dealkylation sites (tertiary alicyclic amines) is 1. The van der Waals surface area contributed by atoms with E-state index in [1.165, 1.54) is 0 Å². The number of aromatic nitrogens is 4. The topological polar surface area (TPSA) is 65.2 Å². The van der Waals surface area contributed by atoms with Gasteiger partial charge in [-0.05, 0) is 23.6 Å². The van der Waals surface area contributed by atoms with E-state index < -0.39 is 0 Å². The van der Waals surface area contributed by atoms with Gasteiger partial charge < -0.3 is 14.2 Å². The molecule has 1 aliphatic heterocycles. The first kappa shape index (κ1) is 20.3. The number of fused-ring (bicyclic) bond motifs is 1. The highest BCUT2D eigenvalue weighted by molar-refractivity contribution is 5.92. The lowest BCUT2D eigenvalue weighted by atomic mass is 9.92. The Morgan fingerprint density at radius 3 is 2.69 bits per heavy atom. The highest BCUT2D eigenvalue weighted by Gasteiger charge is 2.28. The van der Waals surface area contributed by atoms with E-state index >= 15 is 0 Å². The second-order valence-electron chi connectivity index (χ2n) is 8.59. The molecule has 1 aliphatic rings. The molecule has 4 aromatic rings. The van der Waals surface area contributed by atoms with Crippen LogP contribution in [0.4, 0.5) is 0 Å². The summed E-state index contributed by atoms with van der Waals surface area (Å²) in [5, 5.41) is 4.53. The summed E-state index contributed by atoms with van der Waals surface area (Å²) in [6, 6.07) is 14.7.